The smallest absolute Gasteiger partial charge is 0.274 e. The largest absolute Gasteiger partial charge is 0.350 e. The van der Waals surface area contributed by atoms with Gasteiger partial charge in [-0.3, -0.25) is 20.1 Å². The van der Waals surface area contributed by atoms with E-state index in [0.717, 1.165) is 22.0 Å². The summed E-state index contributed by atoms with van der Waals surface area (Å²) >= 11 is 0. The summed E-state index contributed by atoms with van der Waals surface area (Å²) in [5.41, 5.74) is 4.72. The van der Waals surface area contributed by atoms with Gasteiger partial charge in [0.05, 0.1) is 15.6 Å². The quantitative estimate of drug-likeness (QED) is 0.253. The fraction of sp³-hybridized carbons (Fsp3) is 0.0870. The first-order valence-electron chi connectivity index (χ1n) is 9.79. The highest BCUT2D eigenvalue weighted by molar-refractivity contribution is 7.90. The Kier molecular flexibility index (Phi) is 5.71. The zero-order valence-corrected chi connectivity index (χ0v) is 18.2. The number of nitrogens with one attached hydrogen (secondary N) is 1. The van der Waals surface area contributed by atoms with Gasteiger partial charge in [-0.25, -0.2) is 13.9 Å². The summed E-state index contributed by atoms with van der Waals surface area (Å²) in [6, 6.07) is 16.9. The van der Waals surface area contributed by atoms with Gasteiger partial charge >= 0.3 is 0 Å². The number of aryl methyl sites for hydroxylation is 1. The van der Waals surface area contributed by atoms with Crippen molar-refractivity contribution >= 4 is 32.3 Å². The minimum Gasteiger partial charge on any atom is -0.350 e. The molecule has 0 aliphatic carbocycles. The number of sulfone groups is 1. The van der Waals surface area contributed by atoms with Crippen molar-refractivity contribution in [3.8, 4) is 11.1 Å². The van der Waals surface area contributed by atoms with Crippen LogP contribution in [0.4, 0.5) is 5.69 Å². The number of nitro benzene ring substituents is 1. The summed E-state index contributed by atoms with van der Waals surface area (Å²) in [5.74, 6) is -0.976. The van der Waals surface area contributed by atoms with Crippen LogP contribution in [-0.4, -0.2) is 29.0 Å². The third-order valence-electron chi connectivity index (χ3n) is 5.38. The number of non-ortho nitro benzene ring substituents is 1. The second kappa shape index (κ2) is 8.49. The van der Waals surface area contributed by atoms with E-state index < -0.39 is 20.7 Å². The van der Waals surface area contributed by atoms with E-state index in [-0.39, 0.29) is 21.9 Å². The van der Waals surface area contributed by atoms with Gasteiger partial charge < -0.3 is 4.57 Å². The first-order chi connectivity index (χ1) is 15.7. The predicted molar refractivity (Wildman–Crippen MR) is 122 cm³/mol. The van der Waals surface area contributed by atoms with Crippen molar-refractivity contribution in [3.05, 3.63) is 94.2 Å². The third-order valence-corrected chi connectivity index (χ3v) is 7.08. The van der Waals surface area contributed by atoms with Crippen molar-refractivity contribution in [2.24, 2.45) is 7.05 Å². The van der Waals surface area contributed by atoms with E-state index in [1.807, 2.05) is 23.9 Å². The summed E-state index contributed by atoms with van der Waals surface area (Å²) in [7, 11) is -1.82. The molecule has 10 heteroatoms. The number of hydrogen-bond donors (Lipinski definition) is 2. The molecular formula is C23H19N3O6S. The molecule has 0 fully saturated rings. The number of rotatable bonds is 6. The molecule has 0 atom stereocenters. The highest BCUT2D eigenvalue weighted by Crippen LogP contribution is 2.32. The van der Waals surface area contributed by atoms with E-state index in [9.17, 15) is 23.3 Å². The zero-order chi connectivity index (χ0) is 23.8. The Balaban J connectivity index is 1.68. The van der Waals surface area contributed by atoms with Gasteiger partial charge in [-0.15, -0.1) is 0 Å². The van der Waals surface area contributed by atoms with Gasteiger partial charge in [0.25, 0.3) is 11.6 Å². The molecule has 9 nitrogen and oxygen atoms in total. The maximum atomic E-state index is 12.9. The Bertz CT molecular complexity index is 1470. The molecule has 0 radical (unpaired) electrons. The Morgan fingerprint density at radius 1 is 1.06 bits per heavy atom. The molecule has 1 heterocycles. The van der Waals surface area contributed by atoms with Gasteiger partial charge in [-0.2, -0.15) is 0 Å². The van der Waals surface area contributed by atoms with Crippen molar-refractivity contribution in [1.29, 1.82) is 0 Å². The van der Waals surface area contributed by atoms with E-state index in [1.165, 1.54) is 41.9 Å². The average molecular weight is 465 g/mol. The van der Waals surface area contributed by atoms with Crippen molar-refractivity contribution in [3.63, 3.8) is 0 Å². The number of hydrogen-bond acceptors (Lipinski definition) is 6. The summed E-state index contributed by atoms with van der Waals surface area (Å²) in [6.07, 6.45) is 1.90. The number of carbonyl (C=O) groups is 1. The van der Waals surface area contributed by atoms with E-state index in [1.54, 1.807) is 24.3 Å². The van der Waals surface area contributed by atoms with Crippen LogP contribution in [0, 0.1) is 10.1 Å². The first kappa shape index (κ1) is 22.2. The summed E-state index contributed by atoms with van der Waals surface area (Å²) in [5, 5.41) is 20.5. The number of aromatic nitrogens is 1. The number of carbonyl (C=O) groups excluding carboxylic acids is 1. The molecule has 0 saturated heterocycles. The van der Waals surface area contributed by atoms with Crippen LogP contribution < -0.4 is 5.48 Å². The number of amides is 1. The third kappa shape index (κ3) is 4.34. The minimum atomic E-state index is -3.69. The SMILES string of the molecule is Cn1cc(-c2ccc([N+](=O)[O-])cc2)c2cc(CS(=O)(=O)c3ccc(C(=O)NO)cc3)ccc21. The maximum Gasteiger partial charge on any atom is 0.274 e. The van der Waals surface area contributed by atoms with Gasteiger partial charge in [0.2, 0.25) is 0 Å². The topological polar surface area (TPSA) is 132 Å². The Morgan fingerprint density at radius 3 is 2.33 bits per heavy atom. The first-order valence-corrected chi connectivity index (χ1v) is 11.4. The number of nitrogens with zero attached hydrogens (tertiary/aromatic N) is 2. The minimum absolute atomic E-state index is 0.00624. The van der Waals surface area contributed by atoms with Crippen LogP contribution in [0.25, 0.3) is 22.0 Å². The molecule has 1 amide bonds. The lowest BCUT2D eigenvalue weighted by atomic mass is 10.0. The Labute approximate surface area is 188 Å². The van der Waals surface area contributed by atoms with E-state index in [4.69, 9.17) is 5.21 Å². The van der Waals surface area contributed by atoms with Crippen LogP contribution in [-0.2, 0) is 22.6 Å². The van der Waals surface area contributed by atoms with E-state index >= 15 is 0 Å². The molecular weight excluding hydrogens is 446 g/mol. The zero-order valence-electron chi connectivity index (χ0n) is 17.4. The fourth-order valence-electron chi connectivity index (χ4n) is 3.70. The van der Waals surface area contributed by atoms with Crippen LogP contribution in [0.3, 0.4) is 0 Å². The van der Waals surface area contributed by atoms with Crippen LogP contribution >= 0.6 is 0 Å². The lowest BCUT2D eigenvalue weighted by molar-refractivity contribution is -0.384. The van der Waals surface area contributed by atoms with E-state index in [0.29, 0.717) is 5.56 Å². The normalized spacial score (nSPS) is 11.5. The summed E-state index contributed by atoms with van der Waals surface area (Å²) in [6.45, 7) is 0. The molecule has 3 aromatic carbocycles. The standard InChI is InChI=1S/C23H19N3O6S/c1-25-13-21(16-3-7-18(8-4-16)26(29)30)20-12-15(2-11-22(20)25)14-33(31,32)19-9-5-17(6-10-19)23(27)24-28/h2-13,28H,14H2,1H3,(H,24,27). The molecule has 33 heavy (non-hydrogen) atoms. The molecule has 2 N–H and O–H groups in total. The molecule has 0 bridgehead atoms. The van der Waals surface area contributed by atoms with Gasteiger partial charge in [-0.05, 0) is 59.7 Å². The average Bonchev–Trinajstić information content (AvgIpc) is 3.14. The van der Waals surface area contributed by atoms with E-state index in [2.05, 4.69) is 0 Å². The van der Waals surface area contributed by atoms with Gasteiger partial charge in [0.15, 0.2) is 9.84 Å². The second-order valence-corrected chi connectivity index (χ2v) is 9.52. The molecule has 4 rings (SSSR count). The summed E-state index contributed by atoms with van der Waals surface area (Å²) in [4.78, 5) is 22.0. The fourth-order valence-corrected chi connectivity index (χ4v) is 5.04. The number of benzene rings is 3. The van der Waals surface area contributed by atoms with Gasteiger partial charge in [0.1, 0.15) is 0 Å². The van der Waals surface area contributed by atoms with Crippen molar-refractivity contribution in [1.82, 2.24) is 10.0 Å². The lowest BCUT2D eigenvalue weighted by Gasteiger charge is -2.07. The molecule has 0 saturated carbocycles. The van der Waals surface area contributed by atoms with Crippen molar-refractivity contribution in [2.75, 3.05) is 0 Å². The molecule has 4 aromatic rings. The molecule has 168 valence electrons. The predicted octanol–water partition coefficient (Wildman–Crippen LogP) is 3.85. The van der Waals surface area contributed by atoms with Crippen LogP contribution in [0.2, 0.25) is 0 Å². The van der Waals surface area contributed by atoms with Gasteiger partial charge in [-0.1, -0.05) is 6.07 Å². The monoisotopic (exact) mass is 465 g/mol. The van der Waals surface area contributed by atoms with Crippen LogP contribution in [0.5, 0.6) is 0 Å². The Morgan fingerprint density at radius 2 is 1.73 bits per heavy atom. The molecule has 0 spiro atoms. The number of nitro groups is 1. The lowest BCUT2D eigenvalue weighted by Crippen LogP contribution is -2.18. The molecule has 0 aliphatic heterocycles. The second-order valence-electron chi connectivity index (χ2n) is 7.53. The number of fused-ring (bicyclic) bond motifs is 1. The molecule has 1 aromatic heterocycles. The highest BCUT2D eigenvalue weighted by atomic mass is 32.2. The Hall–Kier alpha value is -4.02. The van der Waals surface area contributed by atoms with Crippen LogP contribution in [0.1, 0.15) is 15.9 Å². The highest BCUT2D eigenvalue weighted by Gasteiger charge is 2.18. The van der Waals surface area contributed by atoms with Crippen molar-refractivity contribution in [2.45, 2.75) is 10.6 Å². The van der Waals surface area contributed by atoms with Crippen molar-refractivity contribution < 1.29 is 23.3 Å². The van der Waals surface area contributed by atoms with Gasteiger partial charge in [0, 0.05) is 47.4 Å². The number of hydroxylamine groups is 1. The molecule has 0 unspecified atom stereocenters. The van der Waals surface area contributed by atoms with Crippen LogP contribution in [0.15, 0.2) is 77.8 Å². The molecule has 0 aliphatic rings. The maximum absolute atomic E-state index is 12.9. The summed E-state index contributed by atoms with van der Waals surface area (Å²) < 4.78 is 27.8.